The molecule has 1 aromatic heterocycles. The lowest BCUT2D eigenvalue weighted by molar-refractivity contribution is 0.326. The zero-order valence-electron chi connectivity index (χ0n) is 9.84. The number of aromatic nitrogens is 1. The van der Waals surface area contributed by atoms with E-state index in [1.54, 1.807) is 0 Å². The van der Waals surface area contributed by atoms with Crippen LogP contribution >= 0.6 is 0 Å². The normalized spacial score (nSPS) is 10.3. The summed E-state index contributed by atoms with van der Waals surface area (Å²) in [5.74, 6) is 0.717. The predicted molar refractivity (Wildman–Crippen MR) is 62.1 cm³/mol. The molecule has 15 heavy (non-hydrogen) atoms. The number of hydrogen-bond donors (Lipinski definition) is 1. The topological polar surface area (TPSA) is 34.1 Å². The molecule has 0 amide bonds. The molecule has 1 heterocycles. The summed E-state index contributed by atoms with van der Waals surface area (Å²) in [5.41, 5.74) is 2.29. The lowest BCUT2D eigenvalue weighted by Gasteiger charge is -2.08. The highest BCUT2D eigenvalue weighted by molar-refractivity contribution is 5.24. The summed E-state index contributed by atoms with van der Waals surface area (Å²) < 4.78 is 5.34. The molecule has 0 unspecified atom stereocenters. The van der Waals surface area contributed by atoms with Gasteiger partial charge in [0, 0.05) is 18.3 Å². The first kappa shape index (κ1) is 12.0. The molecular formula is C12H20N2O. The second-order valence-corrected chi connectivity index (χ2v) is 3.50. The molecule has 0 aliphatic rings. The van der Waals surface area contributed by atoms with Crippen LogP contribution in [-0.4, -0.2) is 18.1 Å². The number of rotatable bonds is 6. The van der Waals surface area contributed by atoms with Gasteiger partial charge in [0.05, 0.1) is 6.61 Å². The molecule has 0 radical (unpaired) electrons. The van der Waals surface area contributed by atoms with E-state index in [2.05, 4.69) is 23.3 Å². The molecule has 0 aromatic carbocycles. The van der Waals surface area contributed by atoms with Crippen LogP contribution in [0.15, 0.2) is 12.1 Å². The largest absolute Gasteiger partial charge is 0.478 e. The van der Waals surface area contributed by atoms with Crippen LogP contribution in [0.2, 0.25) is 0 Å². The Hall–Kier alpha value is -1.09. The number of pyridine rings is 1. The second kappa shape index (κ2) is 6.40. The summed E-state index contributed by atoms with van der Waals surface area (Å²) in [6.07, 6.45) is 1.16. The Kier molecular flexibility index (Phi) is 5.12. The standard InChI is InChI=1S/C12H20N2O/c1-4-8-13-9-11-6-7-12(15-5-2)14-10(11)3/h6-7,13H,4-5,8-9H2,1-3H3. The van der Waals surface area contributed by atoms with Gasteiger partial charge in [-0.05, 0) is 32.4 Å². The van der Waals surface area contributed by atoms with E-state index in [9.17, 15) is 0 Å². The van der Waals surface area contributed by atoms with Crippen molar-refractivity contribution in [3.05, 3.63) is 23.4 Å². The Labute approximate surface area is 91.9 Å². The Balaban J connectivity index is 2.58. The van der Waals surface area contributed by atoms with Crippen LogP contribution in [0.3, 0.4) is 0 Å². The van der Waals surface area contributed by atoms with Crippen LogP contribution in [0.1, 0.15) is 31.5 Å². The Morgan fingerprint density at radius 2 is 2.13 bits per heavy atom. The summed E-state index contributed by atoms with van der Waals surface area (Å²) in [5, 5.41) is 3.36. The number of hydrogen-bond acceptors (Lipinski definition) is 3. The van der Waals surface area contributed by atoms with Gasteiger partial charge in [0.2, 0.25) is 5.88 Å². The lowest BCUT2D eigenvalue weighted by Crippen LogP contribution is -2.15. The summed E-state index contributed by atoms with van der Waals surface area (Å²) in [6, 6.07) is 4.01. The molecule has 84 valence electrons. The van der Waals surface area contributed by atoms with Crippen molar-refractivity contribution < 1.29 is 4.74 Å². The van der Waals surface area contributed by atoms with Gasteiger partial charge in [-0.1, -0.05) is 13.0 Å². The monoisotopic (exact) mass is 208 g/mol. The molecule has 1 aromatic rings. The van der Waals surface area contributed by atoms with Crippen molar-refractivity contribution in [2.24, 2.45) is 0 Å². The molecular weight excluding hydrogens is 188 g/mol. The Morgan fingerprint density at radius 1 is 1.33 bits per heavy atom. The molecule has 0 saturated heterocycles. The maximum atomic E-state index is 5.34. The summed E-state index contributed by atoms with van der Waals surface area (Å²) in [4.78, 5) is 4.38. The minimum absolute atomic E-state index is 0.667. The van der Waals surface area contributed by atoms with Gasteiger partial charge in [-0.15, -0.1) is 0 Å². The smallest absolute Gasteiger partial charge is 0.213 e. The van der Waals surface area contributed by atoms with E-state index in [4.69, 9.17) is 4.74 Å². The SMILES string of the molecule is CCCNCc1ccc(OCC)nc1C. The van der Waals surface area contributed by atoms with E-state index < -0.39 is 0 Å². The third kappa shape index (κ3) is 3.88. The molecule has 0 spiro atoms. The van der Waals surface area contributed by atoms with Crippen LogP contribution in [0.4, 0.5) is 0 Å². The van der Waals surface area contributed by atoms with E-state index in [0.29, 0.717) is 12.5 Å². The fourth-order valence-corrected chi connectivity index (χ4v) is 1.38. The highest BCUT2D eigenvalue weighted by Gasteiger charge is 2.01. The molecule has 0 aliphatic carbocycles. The molecule has 0 aliphatic heterocycles. The first-order valence-electron chi connectivity index (χ1n) is 5.58. The van der Waals surface area contributed by atoms with Crippen molar-refractivity contribution in [3.63, 3.8) is 0 Å². The summed E-state index contributed by atoms with van der Waals surface area (Å²) in [7, 11) is 0. The van der Waals surface area contributed by atoms with Crippen molar-refractivity contribution in [1.29, 1.82) is 0 Å². The highest BCUT2D eigenvalue weighted by Crippen LogP contribution is 2.12. The fourth-order valence-electron chi connectivity index (χ4n) is 1.38. The summed E-state index contributed by atoms with van der Waals surface area (Å²) in [6.45, 7) is 8.75. The van der Waals surface area contributed by atoms with E-state index in [0.717, 1.165) is 25.2 Å². The third-order valence-electron chi connectivity index (χ3n) is 2.20. The molecule has 0 atom stereocenters. The Morgan fingerprint density at radius 3 is 2.73 bits per heavy atom. The molecule has 0 bridgehead atoms. The lowest BCUT2D eigenvalue weighted by atomic mass is 10.2. The minimum Gasteiger partial charge on any atom is -0.478 e. The zero-order valence-corrected chi connectivity index (χ0v) is 9.84. The van der Waals surface area contributed by atoms with Crippen LogP contribution in [0, 0.1) is 6.92 Å². The highest BCUT2D eigenvalue weighted by atomic mass is 16.5. The quantitative estimate of drug-likeness (QED) is 0.728. The van der Waals surface area contributed by atoms with E-state index in [1.807, 2.05) is 19.9 Å². The van der Waals surface area contributed by atoms with Gasteiger partial charge in [0.25, 0.3) is 0 Å². The van der Waals surface area contributed by atoms with Crippen molar-refractivity contribution in [1.82, 2.24) is 10.3 Å². The van der Waals surface area contributed by atoms with E-state index in [-0.39, 0.29) is 0 Å². The van der Waals surface area contributed by atoms with Crippen LogP contribution in [0.5, 0.6) is 5.88 Å². The number of nitrogens with one attached hydrogen (secondary N) is 1. The van der Waals surface area contributed by atoms with Gasteiger partial charge >= 0.3 is 0 Å². The molecule has 3 nitrogen and oxygen atoms in total. The maximum absolute atomic E-state index is 5.34. The maximum Gasteiger partial charge on any atom is 0.213 e. The zero-order chi connectivity index (χ0) is 11.1. The molecule has 0 fully saturated rings. The third-order valence-corrected chi connectivity index (χ3v) is 2.20. The number of nitrogens with zero attached hydrogens (tertiary/aromatic N) is 1. The number of ether oxygens (including phenoxy) is 1. The number of aryl methyl sites for hydroxylation is 1. The van der Waals surface area contributed by atoms with Crippen LogP contribution < -0.4 is 10.1 Å². The molecule has 0 saturated carbocycles. The van der Waals surface area contributed by atoms with Gasteiger partial charge in [0.1, 0.15) is 0 Å². The first-order chi connectivity index (χ1) is 7.27. The minimum atomic E-state index is 0.667. The fraction of sp³-hybridized carbons (Fsp3) is 0.583. The molecule has 1 N–H and O–H groups in total. The van der Waals surface area contributed by atoms with Crippen molar-refractivity contribution >= 4 is 0 Å². The van der Waals surface area contributed by atoms with Crippen LogP contribution in [0.25, 0.3) is 0 Å². The van der Waals surface area contributed by atoms with Gasteiger partial charge < -0.3 is 10.1 Å². The van der Waals surface area contributed by atoms with Crippen molar-refractivity contribution in [2.45, 2.75) is 33.7 Å². The van der Waals surface area contributed by atoms with Crippen molar-refractivity contribution in [3.8, 4) is 5.88 Å². The van der Waals surface area contributed by atoms with Crippen LogP contribution in [-0.2, 0) is 6.54 Å². The Bertz CT molecular complexity index is 300. The van der Waals surface area contributed by atoms with Gasteiger partial charge in [-0.2, -0.15) is 0 Å². The molecule has 1 rings (SSSR count). The van der Waals surface area contributed by atoms with E-state index in [1.165, 1.54) is 5.56 Å². The summed E-state index contributed by atoms with van der Waals surface area (Å²) >= 11 is 0. The second-order valence-electron chi connectivity index (χ2n) is 3.50. The first-order valence-corrected chi connectivity index (χ1v) is 5.58. The van der Waals surface area contributed by atoms with Crippen molar-refractivity contribution in [2.75, 3.05) is 13.2 Å². The predicted octanol–water partition coefficient (Wildman–Crippen LogP) is 2.29. The van der Waals surface area contributed by atoms with Gasteiger partial charge in [-0.25, -0.2) is 4.98 Å². The average molecular weight is 208 g/mol. The van der Waals surface area contributed by atoms with Gasteiger partial charge in [0.15, 0.2) is 0 Å². The average Bonchev–Trinajstić information content (AvgIpc) is 2.22. The molecule has 3 heteroatoms. The van der Waals surface area contributed by atoms with Gasteiger partial charge in [-0.3, -0.25) is 0 Å². The van der Waals surface area contributed by atoms with E-state index >= 15 is 0 Å².